The zero-order valence-corrected chi connectivity index (χ0v) is 22.6. The summed E-state index contributed by atoms with van der Waals surface area (Å²) in [7, 11) is -1.67. The molecule has 3 aliphatic rings. The van der Waals surface area contributed by atoms with E-state index in [1.54, 1.807) is 6.08 Å². The Hall–Kier alpha value is -2.07. The second-order valence-corrected chi connectivity index (χ2v) is 12.6. The second kappa shape index (κ2) is 11.5. The standard InChI is InChI=1S/C27H40N4O4S/c1-21(2)20-35-30(3)19-23-11-9-22(10-12-23)13-18-36(33,34)31-16-14-27(15-17-31)26(32)28-25(29-27)24-7-5-4-6-8-24/h9-13,18,21,24H,4-8,14-17,19-20H2,1-3H3,(H,28,29,32)/b18-13+. The molecule has 9 heteroatoms. The highest BCUT2D eigenvalue weighted by molar-refractivity contribution is 7.92. The van der Waals surface area contributed by atoms with Crippen molar-refractivity contribution in [2.45, 2.75) is 70.9 Å². The van der Waals surface area contributed by atoms with Crippen LogP contribution < -0.4 is 5.32 Å². The molecule has 1 saturated heterocycles. The van der Waals surface area contributed by atoms with E-state index in [1.807, 2.05) is 36.4 Å². The smallest absolute Gasteiger partial charge is 0.253 e. The monoisotopic (exact) mass is 516 g/mol. The molecule has 1 saturated carbocycles. The number of hydroxylamine groups is 2. The van der Waals surface area contributed by atoms with Crippen LogP contribution in [0, 0.1) is 11.8 Å². The molecule has 2 heterocycles. The molecule has 1 aromatic rings. The molecule has 4 rings (SSSR count). The van der Waals surface area contributed by atoms with Gasteiger partial charge in [0.25, 0.3) is 5.91 Å². The molecular formula is C27H40N4O4S. The second-order valence-electron chi connectivity index (χ2n) is 10.8. The van der Waals surface area contributed by atoms with E-state index in [9.17, 15) is 13.2 Å². The first-order chi connectivity index (χ1) is 17.2. The molecule has 1 aromatic carbocycles. The van der Waals surface area contributed by atoms with Gasteiger partial charge < -0.3 is 5.32 Å². The van der Waals surface area contributed by atoms with E-state index >= 15 is 0 Å². The van der Waals surface area contributed by atoms with Gasteiger partial charge in [-0.15, -0.1) is 0 Å². The lowest BCUT2D eigenvalue weighted by Gasteiger charge is -2.34. The number of carbonyl (C=O) groups excluding carboxylic acids is 1. The van der Waals surface area contributed by atoms with Crippen molar-refractivity contribution in [3.05, 3.63) is 40.8 Å². The maximum Gasteiger partial charge on any atom is 0.253 e. The summed E-state index contributed by atoms with van der Waals surface area (Å²) in [5, 5.41) is 6.11. The molecule has 0 bridgehead atoms. The van der Waals surface area contributed by atoms with Crippen LogP contribution in [0.5, 0.6) is 0 Å². The Balaban J connectivity index is 1.32. The number of rotatable bonds is 9. The van der Waals surface area contributed by atoms with Crippen LogP contribution in [0.25, 0.3) is 6.08 Å². The summed E-state index contributed by atoms with van der Waals surface area (Å²) in [4.78, 5) is 23.3. The minimum Gasteiger partial charge on any atom is -0.312 e. The minimum atomic E-state index is -3.58. The Labute approximate surface area is 215 Å². The average molecular weight is 517 g/mol. The third-order valence-electron chi connectivity index (χ3n) is 7.35. The van der Waals surface area contributed by atoms with Crippen molar-refractivity contribution in [2.75, 3.05) is 26.7 Å². The highest BCUT2D eigenvalue weighted by Gasteiger charge is 2.48. The number of aliphatic imine (C=N–C) groups is 1. The van der Waals surface area contributed by atoms with Gasteiger partial charge in [-0.3, -0.25) is 14.6 Å². The molecule has 2 aliphatic heterocycles. The van der Waals surface area contributed by atoms with Gasteiger partial charge in [0, 0.05) is 38.0 Å². The van der Waals surface area contributed by atoms with Gasteiger partial charge in [-0.1, -0.05) is 57.4 Å². The number of sulfonamides is 1. The van der Waals surface area contributed by atoms with Crippen LogP contribution in [0.15, 0.2) is 34.7 Å². The normalized spacial score (nSPS) is 21.6. The SMILES string of the molecule is CC(C)CON(C)Cc1ccc(/C=C/S(=O)(=O)N2CCC3(CC2)N=C(C2CCCCC2)NC3=O)cc1. The fourth-order valence-electron chi connectivity index (χ4n) is 5.12. The lowest BCUT2D eigenvalue weighted by Crippen LogP contribution is -2.50. The van der Waals surface area contributed by atoms with Crippen LogP contribution >= 0.6 is 0 Å². The van der Waals surface area contributed by atoms with Crippen molar-refractivity contribution < 1.29 is 18.0 Å². The number of hydrogen-bond donors (Lipinski definition) is 1. The molecule has 36 heavy (non-hydrogen) atoms. The lowest BCUT2D eigenvalue weighted by molar-refractivity contribution is -0.155. The van der Waals surface area contributed by atoms with Crippen LogP contribution in [-0.2, 0) is 26.2 Å². The fourth-order valence-corrected chi connectivity index (χ4v) is 6.32. The largest absolute Gasteiger partial charge is 0.312 e. The Bertz CT molecular complexity index is 1070. The Kier molecular flexibility index (Phi) is 8.65. The first-order valence-corrected chi connectivity index (χ1v) is 14.7. The van der Waals surface area contributed by atoms with Crippen molar-refractivity contribution in [1.82, 2.24) is 14.7 Å². The van der Waals surface area contributed by atoms with Gasteiger partial charge in [-0.05, 0) is 48.8 Å². The van der Waals surface area contributed by atoms with Gasteiger partial charge in [0.15, 0.2) is 0 Å². The highest BCUT2D eigenvalue weighted by Crippen LogP contribution is 2.35. The zero-order valence-electron chi connectivity index (χ0n) is 21.8. The van der Waals surface area contributed by atoms with E-state index < -0.39 is 15.6 Å². The third-order valence-corrected chi connectivity index (χ3v) is 8.91. The number of carbonyl (C=O) groups is 1. The van der Waals surface area contributed by atoms with Gasteiger partial charge in [-0.2, -0.15) is 9.37 Å². The topological polar surface area (TPSA) is 91.3 Å². The van der Waals surface area contributed by atoms with Crippen LogP contribution in [-0.4, -0.2) is 61.8 Å². The van der Waals surface area contributed by atoms with Crippen molar-refractivity contribution in [3.63, 3.8) is 0 Å². The van der Waals surface area contributed by atoms with E-state index in [1.165, 1.54) is 29.0 Å². The first-order valence-electron chi connectivity index (χ1n) is 13.2. The quantitative estimate of drug-likeness (QED) is 0.502. The number of amidine groups is 1. The summed E-state index contributed by atoms with van der Waals surface area (Å²) in [6.07, 6.45) is 8.22. The molecule has 0 radical (unpaired) electrons. The van der Waals surface area contributed by atoms with Crippen LogP contribution in [0.4, 0.5) is 0 Å². The number of amides is 1. The summed E-state index contributed by atoms with van der Waals surface area (Å²) < 4.78 is 27.4. The number of hydrogen-bond acceptors (Lipinski definition) is 6. The predicted molar refractivity (Wildman–Crippen MR) is 142 cm³/mol. The Morgan fingerprint density at radius 3 is 2.47 bits per heavy atom. The molecule has 1 aliphatic carbocycles. The summed E-state index contributed by atoms with van der Waals surface area (Å²) in [5.74, 6) is 1.58. The van der Waals surface area contributed by atoms with E-state index in [2.05, 4.69) is 19.2 Å². The summed E-state index contributed by atoms with van der Waals surface area (Å²) >= 11 is 0. The number of benzene rings is 1. The van der Waals surface area contributed by atoms with Gasteiger partial charge >= 0.3 is 0 Å². The van der Waals surface area contributed by atoms with Crippen molar-refractivity contribution >= 4 is 27.8 Å². The van der Waals surface area contributed by atoms with E-state index in [0.717, 1.165) is 29.8 Å². The molecule has 8 nitrogen and oxygen atoms in total. The average Bonchev–Trinajstić information content (AvgIpc) is 3.18. The maximum absolute atomic E-state index is 13.0. The Morgan fingerprint density at radius 2 is 1.83 bits per heavy atom. The van der Waals surface area contributed by atoms with Gasteiger partial charge in [0.1, 0.15) is 11.4 Å². The molecule has 0 aromatic heterocycles. The van der Waals surface area contributed by atoms with Crippen LogP contribution in [0.2, 0.25) is 0 Å². The number of nitrogens with zero attached hydrogens (tertiary/aromatic N) is 3. The maximum atomic E-state index is 13.0. The number of piperidine rings is 1. The van der Waals surface area contributed by atoms with Gasteiger partial charge in [-0.25, -0.2) is 8.42 Å². The van der Waals surface area contributed by atoms with Crippen molar-refractivity contribution in [2.24, 2.45) is 16.8 Å². The van der Waals surface area contributed by atoms with Gasteiger partial charge in [0.05, 0.1) is 6.61 Å². The van der Waals surface area contributed by atoms with E-state index in [4.69, 9.17) is 9.83 Å². The lowest BCUT2D eigenvalue weighted by atomic mass is 9.88. The molecule has 1 N–H and O–H groups in total. The van der Waals surface area contributed by atoms with Crippen LogP contribution in [0.3, 0.4) is 0 Å². The third kappa shape index (κ3) is 6.62. The van der Waals surface area contributed by atoms with Crippen molar-refractivity contribution in [3.8, 4) is 0 Å². The molecule has 0 unspecified atom stereocenters. The minimum absolute atomic E-state index is 0.0593. The van der Waals surface area contributed by atoms with Crippen LogP contribution in [0.1, 0.15) is 69.9 Å². The Morgan fingerprint density at radius 1 is 1.17 bits per heavy atom. The van der Waals surface area contributed by atoms with E-state index in [-0.39, 0.29) is 5.91 Å². The van der Waals surface area contributed by atoms with Gasteiger partial charge in [0.2, 0.25) is 10.0 Å². The molecular weight excluding hydrogens is 476 g/mol. The summed E-state index contributed by atoms with van der Waals surface area (Å²) in [6, 6.07) is 7.78. The van der Waals surface area contributed by atoms with Crippen molar-refractivity contribution in [1.29, 1.82) is 0 Å². The zero-order chi connectivity index (χ0) is 25.8. The fraction of sp³-hybridized carbons (Fsp3) is 0.630. The first kappa shape index (κ1) is 27.0. The highest BCUT2D eigenvalue weighted by atomic mass is 32.2. The molecule has 0 atom stereocenters. The molecule has 1 amide bonds. The predicted octanol–water partition coefficient (Wildman–Crippen LogP) is 3.95. The summed E-state index contributed by atoms with van der Waals surface area (Å²) in [5.41, 5.74) is 1.11. The summed E-state index contributed by atoms with van der Waals surface area (Å²) in [6.45, 7) is 6.14. The molecule has 1 spiro atoms. The molecule has 198 valence electrons. The van der Waals surface area contributed by atoms with E-state index in [0.29, 0.717) is 50.9 Å². The molecule has 2 fully saturated rings. The number of nitrogens with one attached hydrogen (secondary N) is 1.